The minimum Gasteiger partial charge on any atom is -0.477 e. The van der Waals surface area contributed by atoms with Crippen molar-refractivity contribution < 1.29 is 19.5 Å². The summed E-state index contributed by atoms with van der Waals surface area (Å²) in [6, 6.07) is 2.61. The van der Waals surface area contributed by atoms with E-state index in [0.29, 0.717) is 23.6 Å². The molecule has 0 bridgehead atoms. The molecule has 4 heterocycles. The molecule has 2 aromatic rings. The van der Waals surface area contributed by atoms with Gasteiger partial charge >= 0.3 is 12.0 Å². The zero-order valence-electron chi connectivity index (χ0n) is 15.7. The lowest BCUT2D eigenvalue weighted by atomic mass is 10.0. The van der Waals surface area contributed by atoms with E-state index in [0.717, 1.165) is 14.2 Å². The first kappa shape index (κ1) is 21.2. The van der Waals surface area contributed by atoms with Gasteiger partial charge in [0.1, 0.15) is 22.1 Å². The van der Waals surface area contributed by atoms with Gasteiger partial charge in [-0.3, -0.25) is 9.69 Å². The molecule has 2 aromatic heterocycles. The van der Waals surface area contributed by atoms with Crippen LogP contribution in [0, 0.1) is 6.92 Å². The number of carbonyl (C=O) groups is 3. The van der Waals surface area contributed by atoms with Crippen molar-refractivity contribution in [3.05, 3.63) is 38.7 Å². The molecular formula is C17H17N5O4S4. The van der Waals surface area contributed by atoms with Gasteiger partial charge in [0.05, 0.1) is 6.54 Å². The molecule has 0 saturated carbocycles. The molecule has 1 unspecified atom stereocenters. The molecule has 4 rings (SSSR count). The van der Waals surface area contributed by atoms with Gasteiger partial charge in [0.15, 0.2) is 4.34 Å². The van der Waals surface area contributed by atoms with E-state index >= 15 is 0 Å². The second-order valence-corrected chi connectivity index (χ2v) is 11.0. The number of amides is 3. The highest BCUT2D eigenvalue weighted by Gasteiger charge is 2.54. The average Bonchev–Trinajstić information content (AvgIpc) is 3.39. The summed E-state index contributed by atoms with van der Waals surface area (Å²) in [6.07, 6.45) is 0. The fraction of sp³-hybridized carbons (Fsp3) is 0.353. The van der Waals surface area contributed by atoms with Gasteiger partial charge in [-0.2, -0.15) is 0 Å². The molecule has 0 aromatic carbocycles. The number of urea groups is 1. The number of carboxylic acid groups (broad SMARTS) is 1. The Morgan fingerprint density at radius 3 is 2.90 bits per heavy atom. The van der Waals surface area contributed by atoms with Gasteiger partial charge in [-0.15, -0.1) is 33.3 Å². The number of aromatic nitrogens is 2. The molecule has 2 atom stereocenters. The van der Waals surface area contributed by atoms with Crippen LogP contribution in [0.1, 0.15) is 9.88 Å². The number of β-lactam (4-membered cyclic amide) rings is 1. The summed E-state index contributed by atoms with van der Waals surface area (Å²) in [4.78, 5) is 39.0. The van der Waals surface area contributed by atoms with Gasteiger partial charge in [-0.05, 0) is 23.9 Å². The molecular weight excluding hydrogens is 466 g/mol. The number of thioether (sulfide) groups is 2. The molecule has 2 aliphatic heterocycles. The van der Waals surface area contributed by atoms with E-state index in [1.807, 2.05) is 24.4 Å². The summed E-state index contributed by atoms with van der Waals surface area (Å²) in [5, 5.41) is 25.4. The molecule has 158 valence electrons. The lowest BCUT2D eigenvalue weighted by Gasteiger charge is -2.49. The first-order valence-electron chi connectivity index (χ1n) is 8.83. The maximum atomic E-state index is 12.6. The second kappa shape index (κ2) is 8.96. The Bertz CT molecular complexity index is 1010. The van der Waals surface area contributed by atoms with Crippen LogP contribution in [0.2, 0.25) is 0 Å². The highest BCUT2D eigenvalue weighted by Crippen LogP contribution is 2.41. The highest BCUT2D eigenvalue weighted by molar-refractivity contribution is 8.01. The minimum atomic E-state index is -1.14. The highest BCUT2D eigenvalue weighted by atomic mass is 32.2. The van der Waals surface area contributed by atoms with E-state index in [4.69, 9.17) is 0 Å². The van der Waals surface area contributed by atoms with Crippen molar-refractivity contribution in [2.24, 2.45) is 0 Å². The van der Waals surface area contributed by atoms with Crippen molar-refractivity contribution in [3.63, 3.8) is 0 Å². The Hall–Kier alpha value is -2.09. The van der Waals surface area contributed by atoms with Crippen molar-refractivity contribution in [2.45, 2.75) is 29.2 Å². The van der Waals surface area contributed by atoms with E-state index in [9.17, 15) is 19.5 Å². The molecule has 3 amide bonds. The Labute approximate surface area is 188 Å². The summed E-state index contributed by atoms with van der Waals surface area (Å²) in [7, 11) is 0. The van der Waals surface area contributed by atoms with E-state index < -0.39 is 29.3 Å². The SMILES string of the molecule is Cc1nnc(SCC2=C(C(=O)O)N3C(=O)C(NC(=O)NCc4cccs4)[C@@H]3SC2)s1. The van der Waals surface area contributed by atoms with Crippen molar-refractivity contribution in [2.75, 3.05) is 11.5 Å². The number of hydrogen-bond donors (Lipinski definition) is 3. The van der Waals surface area contributed by atoms with Crippen LogP contribution in [0.25, 0.3) is 0 Å². The van der Waals surface area contributed by atoms with Gasteiger partial charge in [-0.1, -0.05) is 29.2 Å². The van der Waals surface area contributed by atoms with E-state index in [2.05, 4.69) is 20.8 Å². The minimum absolute atomic E-state index is 0.00882. The molecule has 0 aliphatic carbocycles. The van der Waals surface area contributed by atoms with Gasteiger partial charge in [0.2, 0.25) is 0 Å². The first-order chi connectivity index (χ1) is 14.4. The number of aliphatic carboxylic acids is 1. The van der Waals surface area contributed by atoms with Gasteiger partial charge in [0, 0.05) is 16.4 Å². The first-order valence-corrected chi connectivity index (χ1v) is 12.6. The van der Waals surface area contributed by atoms with Crippen LogP contribution in [-0.2, 0) is 16.1 Å². The van der Waals surface area contributed by atoms with Crippen molar-refractivity contribution in [3.8, 4) is 0 Å². The fourth-order valence-corrected chi connectivity index (χ4v) is 7.00. The van der Waals surface area contributed by atoms with Crippen LogP contribution in [-0.4, -0.2) is 61.0 Å². The predicted molar refractivity (Wildman–Crippen MR) is 117 cm³/mol. The van der Waals surface area contributed by atoms with Gasteiger partial charge in [0.25, 0.3) is 5.91 Å². The molecule has 0 spiro atoms. The third kappa shape index (κ3) is 4.33. The maximum Gasteiger partial charge on any atom is 0.352 e. The molecule has 13 heteroatoms. The normalized spacial score (nSPS) is 20.6. The van der Waals surface area contributed by atoms with E-state index in [1.54, 1.807) is 0 Å². The van der Waals surface area contributed by atoms with Gasteiger partial charge < -0.3 is 15.7 Å². The molecule has 0 radical (unpaired) electrons. The van der Waals surface area contributed by atoms with Crippen LogP contribution < -0.4 is 10.6 Å². The number of fused-ring (bicyclic) bond motifs is 1. The topological polar surface area (TPSA) is 125 Å². The third-order valence-electron chi connectivity index (χ3n) is 4.42. The van der Waals surface area contributed by atoms with Crippen LogP contribution >= 0.6 is 46.2 Å². The zero-order valence-corrected chi connectivity index (χ0v) is 18.9. The lowest BCUT2D eigenvalue weighted by Crippen LogP contribution is -2.71. The van der Waals surface area contributed by atoms with Crippen molar-refractivity contribution in [1.82, 2.24) is 25.7 Å². The zero-order chi connectivity index (χ0) is 21.3. The second-order valence-electron chi connectivity index (χ2n) is 6.43. The number of thiophene rings is 1. The Morgan fingerprint density at radius 2 is 2.23 bits per heavy atom. The quantitative estimate of drug-likeness (QED) is 0.404. The summed E-state index contributed by atoms with van der Waals surface area (Å²) < 4.78 is 0.758. The fourth-order valence-electron chi connectivity index (χ4n) is 3.05. The Kier molecular flexibility index (Phi) is 6.32. The standard InChI is InChI=1S/C17H17N5O4S4/c1-8-20-21-17(30-8)29-7-9-6-28-14-11(13(23)22(14)12(9)15(24)25)19-16(26)18-5-10-3-2-4-27-10/h2-4,11,14H,5-7H2,1H3,(H,24,25)(H2,18,19,26)/t11?,14-/m0/s1. The molecule has 9 nitrogen and oxygen atoms in total. The van der Waals surface area contributed by atoms with Crippen LogP contribution in [0.3, 0.4) is 0 Å². The predicted octanol–water partition coefficient (Wildman–Crippen LogP) is 2.12. The maximum absolute atomic E-state index is 12.6. The van der Waals surface area contributed by atoms with Crippen LogP contribution in [0.15, 0.2) is 33.1 Å². The van der Waals surface area contributed by atoms with Gasteiger partial charge in [-0.25, -0.2) is 9.59 Å². The number of nitrogens with one attached hydrogen (secondary N) is 2. The van der Waals surface area contributed by atoms with E-state index in [1.165, 1.54) is 51.1 Å². The number of hydrogen-bond acceptors (Lipinski definition) is 9. The van der Waals surface area contributed by atoms with Crippen LogP contribution in [0.5, 0.6) is 0 Å². The lowest BCUT2D eigenvalue weighted by molar-refractivity contribution is -0.148. The molecule has 3 N–H and O–H groups in total. The van der Waals surface area contributed by atoms with Crippen molar-refractivity contribution in [1.29, 1.82) is 0 Å². The third-order valence-corrected chi connectivity index (χ3v) is 8.69. The largest absolute Gasteiger partial charge is 0.477 e. The van der Waals surface area contributed by atoms with Crippen molar-refractivity contribution >= 4 is 64.1 Å². The summed E-state index contributed by atoms with van der Waals surface area (Å²) in [5.41, 5.74) is 0.671. The molecule has 30 heavy (non-hydrogen) atoms. The summed E-state index contributed by atoms with van der Waals surface area (Å²) in [5.74, 6) is -0.668. The number of nitrogens with zero attached hydrogens (tertiary/aromatic N) is 3. The average molecular weight is 484 g/mol. The molecule has 2 aliphatic rings. The number of carboxylic acids is 1. The number of carbonyl (C=O) groups excluding carboxylic acids is 2. The summed E-state index contributed by atoms with van der Waals surface area (Å²) in [6.45, 7) is 2.23. The van der Waals surface area contributed by atoms with Crippen LogP contribution in [0.4, 0.5) is 4.79 Å². The molecule has 1 saturated heterocycles. The molecule has 1 fully saturated rings. The monoisotopic (exact) mass is 483 g/mol. The number of aryl methyl sites for hydroxylation is 1. The Balaban J connectivity index is 1.39. The Morgan fingerprint density at radius 1 is 1.40 bits per heavy atom. The van der Waals surface area contributed by atoms with E-state index in [-0.39, 0.29) is 5.70 Å². The number of rotatable bonds is 7. The smallest absolute Gasteiger partial charge is 0.352 e. The summed E-state index contributed by atoms with van der Waals surface area (Å²) >= 11 is 5.83.